The van der Waals surface area contributed by atoms with E-state index in [1.54, 1.807) is 0 Å². The molecule has 1 fully saturated rings. The average Bonchev–Trinajstić information content (AvgIpc) is 3.14. The first kappa shape index (κ1) is 12.4. The van der Waals surface area contributed by atoms with Crippen molar-refractivity contribution in [2.45, 2.75) is 25.3 Å². The van der Waals surface area contributed by atoms with Gasteiger partial charge in [0.2, 0.25) is 0 Å². The molecule has 0 aromatic heterocycles. The number of halogens is 1. The van der Waals surface area contributed by atoms with E-state index in [9.17, 15) is 0 Å². The Morgan fingerprint density at radius 3 is 2.88 bits per heavy atom. The molecule has 0 radical (unpaired) electrons. The van der Waals surface area contributed by atoms with Gasteiger partial charge in [-0.1, -0.05) is 15.9 Å². The molecule has 3 nitrogen and oxygen atoms in total. The Hall–Kier alpha value is -1.05. The number of nitrogens with zero attached hydrogens (tertiary/aromatic N) is 1. The molecule has 0 aliphatic heterocycles. The molecule has 4 heteroatoms. The second-order valence-corrected chi connectivity index (χ2v) is 5.23. The van der Waals surface area contributed by atoms with Crippen LogP contribution < -0.4 is 10.6 Å². The zero-order valence-corrected chi connectivity index (χ0v) is 11.3. The fourth-order valence-corrected chi connectivity index (χ4v) is 2.03. The van der Waals surface area contributed by atoms with Crippen LogP contribution in [0.25, 0.3) is 0 Å². The van der Waals surface area contributed by atoms with Crippen molar-refractivity contribution >= 4 is 21.6 Å². The van der Waals surface area contributed by atoms with Crippen molar-refractivity contribution in [1.82, 2.24) is 5.32 Å². The van der Waals surface area contributed by atoms with Crippen molar-refractivity contribution in [2.75, 3.05) is 18.4 Å². The maximum Gasteiger partial charge on any atom is 0.101 e. The lowest BCUT2D eigenvalue weighted by atomic mass is 10.2. The van der Waals surface area contributed by atoms with Crippen LogP contribution in [0.15, 0.2) is 22.7 Å². The quantitative estimate of drug-likeness (QED) is 0.793. The predicted molar refractivity (Wildman–Crippen MR) is 73.0 cm³/mol. The topological polar surface area (TPSA) is 47.9 Å². The molecule has 1 aliphatic carbocycles. The van der Waals surface area contributed by atoms with E-state index in [2.05, 4.69) is 32.6 Å². The van der Waals surface area contributed by atoms with Gasteiger partial charge in [-0.3, -0.25) is 0 Å². The Balaban J connectivity index is 1.75. The van der Waals surface area contributed by atoms with Crippen molar-refractivity contribution in [3.8, 4) is 6.07 Å². The normalized spacial score (nSPS) is 14.4. The molecule has 1 aliphatic rings. The third kappa shape index (κ3) is 4.03. The van der Waals surface area contributed by atoms with Crippen LogP contribution in [0.5, 0.6) is 0 Å². The van der Waals surface area contributed by atoms with Gasteiger partial charge in [0.1, 0.15) is 6.07 Å². The lowest BCUT2D eigenvalue weighted by Crippen LogP contribution is -2.20. The minimum absolute atomic E-state index is 0.689. The van der Waals surface area contributed by atoms with Gasteiger partial charge in [0.15, 0.2) is 0 Å². The van der Waals surface area contributed by atoms with Crippen LogP contribution in [0.3, 0.4) is 0 Å². The third-order valence-corrected chi connectivity index (χ3v) is 3.27. The minimum Gasteiger partial charge on any atom is -0.384 e. The first-order chi connectivity index (χ1) is 8.29. The summed E-state index contributed by atoms with van der Waals surface area (Å²) in [4.78, 5) is 0. The second-order valence-electron chi connectivity index (χ2n) is 4.31. The Morgan fingerprint density at radius 2 is 2.18 bits per heavy atom. The van der Waals surface area contributed by atoms with Crippen LogP contribution in [0.4, 0.5) is 5.69 Å². The molecule has 0 bridgehead atoms. The summed E-state index contributed by atoms with van der Waals surface area (Å²) in [5, 5.41) is 15.8. The Labute approximate surface area is 110 Å². The van der Waals surface area contributed by atoms with Gasteiger partial charge in [-0.25, -0.2) is 0 Å². The minimum atomic E-state index is 0.689. The number of nitriles is 1. The maximum absolute atomic E-state index is 9.00. The number of hydrogen-bond donors (Lipinski definition) is 2. The Kier molecular flexibility index (Phi) is 4.41. The molecule has 2 rings (SSSR count). The molecule has 0 spiro atoms. The van der Waals surface area contributed by atoms with Gasteiger partial charge in [0, 0.05) is 17.1 Å². The summed E-state index contributed by atoms with van der Waals surface area (Å²) in [5.41, 5.74) is 1.61. The first-order valence-electron chi connectivity index (χ1n) is 5.96. The number of anilines is 1. The van der Waals surface area contributed by atoms with Crippen LogP contribution in [0.2, 0.25) is 0 Å². The van der Waals surface area contributed by atoms with Crippen molar-refractivity contribution in [1.29, 1.82) is 5.26 Å². The Morgan fingerprint density at radius 1 is 1.35 bits per heavy atom. The van der Waals surface area contributed by atoms with E-state index < -0.39 is 0 Å². The highest BCUT2D eigenvalue weighted by Crippen LogP contribution is 2.20. The van der Waals surface area contributed by atoms with E-state index in [1.165, 1.54) is 12.8 Å². The summed E-state index contributed by atoms with van der Waals surface area (Å²) >= 11 is 3.36. The molecule has 0 atom stereocenters. The second kappa shape index (κ2) is 6.04. The molecule has 1 aromatic carbocycles. The first-order valence-corrected chi connectivity index (χ1v) is 6.76. The van der Waals surface area contributed by atoms with Crippen LogP contribution in [0.1, 0.15) is 24.8 Å². The molecular weight excluding hydrogens is 278 g/mol. The lowest BCUT2D eigenvalue weighted by Gasteiger charge is -2.08. The molecule has 0 amide bonds. The zero-order chi connectivity index (χ0) is 12.1. The summed E-state index contributed by atoms with van der Waals surface area (Å²) in [5.74, 6) is 0. The number of hydrogen-bond acceptors (Lipinski definition) is 3. The number of benzene rings is 1. The summed E-state index contributed by atoms with van der Waals surface area (Å²) in [6.45, 7) is 1.95. The molecular formula is C13H16BrN3. The fraction of sp³-hybridized carbons (Fsp3) is 0.462. The predicted octanol–water partition coefficient (Wildman–Crippen LogP) is 2.87. The van der Waals surface area contributed by atoms with Gasteiger partial charge in [-0.05, 0) is 44.0 Å². The maximum atomic E-state index is 9.00. The Bertz CT molecular complexity index is 421. The number of nitrogens with one attached hydrogen (secondary N) is 2. The van der Waals surface area contributed by atoms with Crippen LogP contribution in [-0.4, -0.2) is 19.1 Å². The highest BCUT2D eigenvalue weighted by Gasteiger charge is 2.19. The molecule has 17 heavy (non-hydrogen) atoms. The highest BCUT2D eigenvalue weighted by molar-refractivity contribution is 9.10. The van der Waals surface area contributed by atoms with Crippen LogP contribution >= 0.6 is 15.9 Å². The van der Waals surface area contributed by atoms with E-state index in [0.29, 0.717) is 5.56 Å². The molecule has 2 N–H and O–H groups in total. The molecule has 1 aromatic rings. The van der Waals surface area contributed by atoms with Crippen LogP contribution in [-0.2, 0) is 0 Å². The van der Waals surface area contributed by atoms with Gasteiger partial charge >= 0.3 is 0 Å². The number of rotatable bonds is 6. The fourth-order valence-electron chi connectivity index (χ4n) is 1.67. The summed E-state index contributed by atoms with van der Waals surface area (Å²) < 4.78 is 0.940. The molecule has 90 valence electrons. The average molecular weight is 294 g/mol. The summed E-state index contributed by atoms with van der Waals surface area (Å²) in [6.07, 6.45) is 3.74. The van der Waals surface area contributed by atoms with Crippen molar-refractivity contribution in [3.05, 3.63) is 28.2 Å². The van der Waals surface area contributed by atoms with Gasteiger partial charge in [-0.15, -0.1) is 0 Å². The van der Waals surface area contributed by atoms with Gasteiger partial charge in [0.25, 0.3) is 0 Å². The van der Waals surface area contributed by atoms with E-state index in [-0.39, 0.29) is 0 Å². The van der Waals surface area contributed by atoms with Gasteiger partial charge < -0.3 is 10.6 Å². The third-order valence-electron chi connectivity index (χ3n) is 2.78. The monoisotopic (exact) mass is 293 g/mol. The molecule has 1 saturated carbocycles. The highest BCUT2D eigenvalue weighted by atomic mass is 79.9. The van der Waals surface area contributed by atoms with Crippen LogP contribution in [0, 0.1) is 11.3 Å². The molecule has 0 saturated heterocycles. The van der Waals surface area contributed by atoms with E-state index in [1.807, 2.05) is 18.2 Å². The van der Waals surface area contributed by atoms with Gasteiger partial charge in [0.05, 0.1) is 11.3 Å². The summed E-state index contributed by atoms with van der Waals surface area (Å²) in [7, 11) is 0. The SMILES string of the molecule is N#Cc1cc(Br)ccc1NCCCNC1CC1. The van der Waals surface area contributed by atoms with E-state index >= 15 is 0 Å². The standard InChI is InChI=1S/C13H16BrN3/c14-11-2-5-13(10(8-11)9-15)17-7-1-6-16-12-3-4-12/h2,5,8,12,16-17H,1,3-4,6-7H2. The summed E-state index contributed by atoms with van der Waals surface area (Å²) in [6, 6.07) is 8.70. The van der Waals surface area contributed by atoms with E-state index in [4.69, 9.17) is 5.26 Å². The smallest absolute Gasteiger partial charge is 0.101 e. The van der Waals surface area contributed by atoms with Crippen molar-refractivity contribution < 1.29 is 0 Å². The van der Waals surface area contributed by atoms with Crippen molar-refractivity contribution in [2.24, 2.45) is 0 Å². The van der Waals surface area contributed by atoms with E-state index in [0.717, 1.165) is 35.7 Å². The molecule has 0 heterocycles. The van der Waals surface area contributed by atoms with Crippen molar-refractivity contribution in [3.63, 3.8) is 0 Å². The van der Waals surface area contributed by atoms with Gasteiger partial charge in [-0.2, -0.15) is 5.26 Å². The zero-order valence-electron chi connectivity index (χ0n) is 9.67. The lowest BCUT2D eigenvalue weighted by molar-refractivity contribution is 0.659. The largest absolute Gasteiger partial charge is 0.384 e. The molecule has 0 unspecified atom stereocenters.